The lowest BCUT2D eigenvalue weighted by Gasteiger charge is -2.35. The molecule has 6 nitrogen and oxygen atoms in total. The van der Waals surface area contributed by atoms with Gasteiger partial charge in [0.1, 0.15) is 0 Å². The van der Waals surface area contributed by atoms with Gasteiger partial charge < -0.3 is 9.64 Å². The SMILES string of the molecule is CC1CN(C(=O)CSc2nc3c(c(=O)n2CCc2ccccc2)SC(C)C3)CC(C)O1. The molecule has 1 amide bonds. The summed E-state index contributed by atoms with van der Waals surface area (Å²) < 4.78 is 7.50. The average Bonchev–Trinajstić information content (AvgIpc) is 3.12. The Hall–Kier alpha value is -1.77. The zero-order valence-electron chi connectivity index (χ0n) is 18.2. The Bertz CT molecular complexity index is 986. The van der Waals surface area contributed by atoms with Crippen LogP contribution in [-0.4, -0.2) is 56.7 Å². The van der Waals surface area contributed by atoms with Gasteiger partial charge in [0.05, 0.1) is 28.6 Å². The van der Waals surface area contributed by atoms with Gasteiger partial charge in [-0.25, -0.2) is 4.98 Å². The van der Waals surface area contributed by atoms with Crippen LogP contribution in [0.2, 0.25) is 0 Å². The number of hydrogen-bond acceptors (Lipinski definition) is 6. The first-order valence-electron chi connectivity index (χ1n) is 10.8. The first kappa shape index (κ1) is 22.4. The average molecular weight is 460 g/mol. The minimum Gasteiger partial charge on any atom is -0.372 e. The molecular weight excluding hydrogens is 430 g/mol. The zero-order valence-corrected chi connectivity index (χ0v) is 19.9. The van der Waals surface area contributed by atoms with Crippen LogP contribution in [0.3, 0.4) is 0 Å². The van der Waals surface area contributed by atoms with E-state index in [1.165, 1.54) is 17.3 Å². The van der Waals surface area contributed by atoms with Crippen LogP contribution in [0.25, 0.3) is 0 Å². The quantitative estimate of drug-likeness (QED) is 0.488. The van der Waals surface area contributed by atoms with Crippen LogP contribution in [0.15, 0.2) is 45.2 Å². The molecule has 2 aliphatic heterocycles. The number of carbonyl (C=O) groups is 1. The van der Waals surface area contributed by atoms with E-state index in [1.807, 2.05) is 36.9 Å². The van der Waals surface area contributed by atoms with Gasteiger partial charge in [0.15, 0.2) is 5.16 Å². The van der Waals surface area contributed by atoms with Crippen molar-refractivity contribution in [3.05, 3.63) is 51.9 Å². The maximum absolute atomic E-state index is 13.3. The minimum absolute atomic E-state index is 0.0267. The third-order valence-corrected chi connectivity index (χ3v) is 7.70. The third kappa shape index (κ3) is 5.35. The standard InChI is InChI=1S/C23H29N3O3S2/c1-15-12-25(13-16(2)29-15)20(27)14-30-23-24-19-11-17(3)31-21(19)22(28)26(23)10-9-18-7-5-4-6-8-18/h4-8,15-17H,9-14H2,1-3H3. The molecule has 1 fully saturated rings. The number of hydrogen-bond donors (Lipinski definition) is 0. The van der Waals surface area contributed by atoms with Crippen LogP contribution >= 0.6 is 23.5 Å². The molecule has 0 radical (unpaired) electrons. The zero-order chi connectivity index (χ0) is 22.0. The second-order valence-electron chi connectivity index (χ2n) is 8.34. The highest BCUT2D eigenvalue weighted by molar-refractivity contribution is 8.00. The van der Waals surface area contributed by atoms with E-state index in [-0.39, 0.29) is 29.4 Å². The molecule has 4 rings (SSSR count). The summed E-state index contributed by atoms with van der Waals surface area (Å²) in [6.45, 7) is 7.88. The fraction of sp³-hybridized carbons (Fsp3) is 0.522. The number of aromatic nitrogens is 2. The highest BCUT2D eigenvalue weighted by atomic mass is 32.2. The van der Waals surface area contributed by atoms with Crippen molar-refractivity contribution in [2.24, 2.45) is 0 Å². The first-order chi connectivity index (χ1) is 14.9. The Balaban J connectivity index is 1.53. The van der Waals surface area contributed by atoms with E-state index >= 15 is 0 Å². The summed E-state index contributed by atoms with van der Waals surface area (Å²) in [4.78, 5) is 33.6. The highest BCUT2D eigenvalue weighted by Gasteiger charge is 2.28. The maximum atomic E-state index is 13.3. The molecule has 0 saturated carbocycles. The number of amides is 1. The summed E-state index contributed by atoms with van der Waals surface area (Å²) in [5.74, 6) is 0.345. The Morgan fingerprint density at radius 1 is 1.19 bits per heavy atom. The third-order valence-electron chi connectivity index (χ3n) is 5.53. The van der Waals surface area contributed by atoms with Crippen LogP contribution < -0.4 is 5.56 Å². The Labute approximate surface area is 191 Å². The van der Waals surface area contributed by atoms with Crippen molar-refractivity contribution in [3.8, 4) is 0 Å². The summed E-state index contributed by atoms with van der Waals surface area (Å²) >= 11 is 2.99. The van der Waals surface area contributed by atoms with Gasteiger partial charge in [-0.2, -0.15) is 0 Å². The second kappa shape index (κ2) is 9.79. The van der Waals surface area contributed by atoms with Crippen molar-refractivity contribution in [2.75, 3.05) is 18.8 Å². The first-order valence-corrected chi connectivity index (χ1v) is 12.7. The molecule has 3 heterocycles. The summed E-state index contributed by atoms with van der Waals surface area (Å²) in [7, 11) is 0. The molecule has 1 saturated heterocycles. The molecule has 3 atom stereocenters. The number of morpholine rings is 1. The van der Waals surface area contributed by atoms with E-state index in [2.05, 4.69) is 19.1 Å². The lowest BCUT2D eigenvalue weighted by atomic mass is 10.1. The molecule has 0 spiro atoms. The van der Waals surface area contributed by atoms with Gasteiger partial charge in [-0.1, -0.05) is 49.0 Å². The minimum atomic E-state index is 0.0267. The molecule has 1 aromatic carbocycles. The molecule has 1 aromatic heterocycles. The van der Waals surface area contributed by atoms with Crippen LogP contribution in [0.4, 0.5) is 0 Å². The van der Waals surface area contributed by atoms with Crippen molar-refractivity contribution in [1.82, 2.24) is 14.5 Å². The number of nitrogens with zero attached hydrogens (tertiary/aromatic N) is 3. The summed E-state index contributed by atoms with van der Waals surface area (Å²) in [5.41, 5.74) is 2.08. The summed E-state index contributed by atoms with van der Waals surface area (Å²) in [6.07, 6.45) is 1.63. The maximum Gasteiger partial charge on any atom is 0.268 e. The Kier molecular flexibility index (Phi) is 7.08. The Morgan fingerprint density at radius 2 is 1.90 bits per heavy atom. The number of rotatable bonds is 6. The van der Waals surface area contributed by atoms with Crippen molar-refractivity contribution in [1.29, 1.82) is 0 Å². The van der Waals surface area contributed by atoms with Gasteiger partial charge >= 0.3 is 0 Å². The number of ether oxygens (including phenoxy) is 1. The highest BCUT2D eigenvalue weighted by Crippen LogP contribution is 2.34. The van der Waals surface area contributed by atoms with E-state index in [0.717, 1.165) is 23.4 Å². The number of fused-ring (bicyclic) bond motifs is 1. The molecule has 0 bridgehead atoms. The topological polar surface area (TPSA) is 64.4 Å². The smallest absolute Gasteiger partial charge is 0.268 e. The van der Waals surface area contributed by atoms with Gasteiger partial charge in [-0.05, 0) is 25.8 Å². The van der Waals surface area contributed by atoms with Crippen LogP contribution in [0.5, 0.6) is 0 Å². The van der Waals surface area contributed by atoms with Gasteiger partial charge in [-0.15, -0.1) is 11.8 Å². The molecule has 166 valence electrons. The van der Waals surface area contributed by atoms with Gasteiger partial charge in [0, 0.05) is 31.3 Å². The van der Waals surface area contributed by atoms with E-state index in [4.69, 9.17) is 9.72 Å². The number of benzene rings is 1. The fourth-order valence-corrected chi connectivity index (χ4v) is 6.18. The molecule has 31 heavy (non-hydrogen) atoms. The Morgan fingerprint density at radius 3 is 2.61 bits per heavy atom. The number of thioether (sulfide) groups is 2. The van der Waals surface area contributed by atoms with E-state index in [9.17, 15) is 9.59 Å². The normalized spacial score (nSPS) is 23.1. The van der Waals surface area contributed by atoms with Gasteiger partial charge in [0.25, 0.3) is 5.56 Å². The molecule has 2 aliphatic rings. The molecule has 0 aliphatic carbocycles. The fourth-order valence-electron chi connectivity index (χ4n) is 4.12. The summed E-state index contributed by atoms with van der Waals surface area (Å²) in [6, 6.07) is 10.1. The van der Waals surface area contributed by atoms with E-state index in [0.29, 0.717) is 30.0 Å². The predicted molar refractivity (Wildman–Crippen MR) is 125 cm³/mol. The second-order valence-corrected chi connectivity index (χ2v) is 10.7. The lowest BCUT2D eigenvalue weighted by Crippen LogP contribution is -2.48. The largest absolute Gasteiger partial charge is 0.372 e. The van der Waals surface area contributed by atoms with Crippen molar-refractivity contribution < 1.29 is 9.53 Å². The lowest BCUT2D eigenvalue weighted by molar-refractivity contribution is -0.140. The van der Waals surface area contributed by atoms with Crippen molar-refractivity contribution in [3.63, 3.8) is 0 Å². The predicted octanol–water partition coefficient (Wildman–Crippen LogP) is 3.25. The van der Waals surface area contributed by atoms with Crippen LogP contribution in [-0.2, 0) is 28.9 Å². The molecule has 0 N–H and O–H groups in total. The van der Waals surface area contributed by atoms with Gasteiger partial charge in [-0.3, -0.25) is 14.2 Å². The van der Waals surface area contributed by atoms with Gasteiger partial charge in [0.2, 0.25) is 5.91 Å². The monoisotopic (exact) mass is 459 g/mol. The van der Waals surface area contributed by atoms with Crippen LogP contribution in [0.1, 0.15) is 32.0 Å². The number of carbonyl (C=O) groups excluding carboxylic acids is 1. The van der Waals surface area contributed by atoms with Crippen LogP contribution in [0, 0.1) is 0 Å². The molecular formula is C23H29N3O3S2. The molecule has 8 heteroatoms. The van der Waals surface area contributed by atoms with E-state index in [1.54, 1.807) is 16.3 Å². The number of aryl methyl sites for hydroxylation is 1. The molecule has 2 aromatic rings. The van der Waals surface area contributed by atoms with E-state index < -0.39 is 0 Å². The summed E-state index contributed by atoms with van der Waals surface area (Å²) in [5, 5.41) is 1.01. The molecule has 3 unspecified atom stereocenters. The van der Waals surface area contributed by atoms with Crippen molar-refractivity contribution >= 4 is 29.4 Å². The van der Waals surface area contributed by atoms with Crippen molar-refractivity contribution in [2.45, 2.75) is 67.7 Å².